The van der Waals surface area contributed by atoms with E-state index in [0.29, 0.717) is 18.0 Å². The number of hydrogen-bond acceptors (Lipinski definition) is 1. The van der Waals surface area contributed by atoms with Crippen LogP contribution in [0.2, 0.25) is 5.02 Å². The lowest BCUT2D eigenvalue weighted by molar-refractivity contribution is 0.101. The molecule has 0 unspecified atom stereocenters. The van der Waals surface area contributed by atoms with Gasteiger partial charge in [0.2, 0.25) is 0 Å². The number of hydrogen-bond donors (Lipinski definition) is 1. The van der Waals surface area contributed by atoms with Crippen LogP contribution in [0, 0.1) is 0 Å². The third-order valence-corrected chi connectivity index (χ3v) is 3.63. The summed E-state index contributed by atoms with van der Waals surface area (Å²) in [6.45, 7) is 6.12. The molecule has 0 saturated heterocycles. The number of carboxylic acid groups (broad SMARTS) is 1. The van der Waals surface area contributed by atoms with Crippen LogP contribution in [-0.4, -0.2) is 28.2 Å². The summed E-state index contributed by atoms with van der Waals surface area (Å²) in [7, 11) is 0. The molecule has 0 spiro atoms. The monoisotopic (exact) mass is 333 g/mol. The van der Waals surface area contributed by atoms with Crippen molar-refractivity contribution in [3.05, 3.63) is 33.3 Å². The fourth-order valence-electron chi connectivity index (χ4n) is 1.67. The van der Waals surface area contributed by atoms with E-state index < -0.39 is 11.6 Å². The zero-order valence-corrected chi connectivity index (χ0v) is 13.0. The highest BCUT2D eigenvalue weighted by molar-refractivity contribution is 9.10. The maximum absolute atomic E-state index is 11.2. The highest BCUT2D eigenvalue weighted by Crippen LogP contribution is 2.23. The fourth-order valence-corrected chi connectivity index (χ4v) is 2.56. The number of amides is 1. The Morgan fingerprint density at radius 1 is 1.44 bits per heavy atom. The average Bonchev–Trinajstić information content (AvgIpc) is 2.18. The van der Waals surface area contributed by atoms with Crippen molar-refractivity contribution in [3.8, 4) is 0 Å². The Labute approximate surface area is 121 Å². The molecule has 1 amide bonds. The van der Waals surface area contributed by atoms with E-state index in [2.05, 4.69) is 15.9 Å². The van der Waals surface area contributed by atoms with E-state index in [1.165, 1.54) is 4.90 Å². The Bertz CT molecular complexity index is 443. The van der Waals surface area contributed by atoms with Crippen LogP contribution in [0.15, 0.2) is 22.7 Å². The highest BCUT2D eigenvalue weighted by atomic mass is 79.9. The van der Waals surface area contributed by atoms with Gasteiger partial charge in [-0.2, -0.15) is 0 Å². The van der Waals surface area contributed by atoms with Gasteiger partial charge in [0.1, 0.15) is 0 Å². The molecule has 0 fully saturated rings. The predicted octanol–water partition coefficient (Wildman–Crippen LogP) is 4.42. The first kappa shape index (κ1) is 15.3. The van der Waals surface area contributed by atoms with Crippen LogP contribution in [0.3, 0.4) is 0 Å². The van der Waals surface area contributed by atoms with E-state index in [4.69, 9.17) is 11.6 Å². The lowest BCUT2D eigenvalue weighted by atomic mass is 10.1. The summed E-state index contributed by atoms with van der Waals surface area (Å²) in [5.41, 5.74) is 0.653. The molecule has 1 N–H and O–H groups in total. The zero-order valence-electron chi connectivity index (χ0n) is 10.7. The maximum atomic E-state index is 11.2. The van der Waals surface area contributed by atoms with Crippen LogP contribution >= 0.6 is 27.5 Å². The van der Waals surface area contributed by atoms with Crippen molar-refractivity contribution in [3.63, 3.8) is 0 Å². The van der Waals surface area contributed by atoms with Crippen LogP contribution in [-0.2, 0) is 6.42 Å². The summed E-state index contributed by atoms with van der Waals surface area (Å²) in [5.74, 6) is 0. The van der Waals surface area contributed by atoms with Crippen molar-refractivity contribution >= 4 is 33.6 Å². The minimum Gasteiger partial charge on any atom is -0.465 e. The molecule has 0 heterocycles. The molecule has 0 saturated carbocycles. The maximum Gasteiger partial charge on any atom is 0.407 e. The molecule has 0 bridgehead atoms. The van der Waals surface area contributed by atoms with Gasteiger partial charge >= 0.3 is 6.09 Å². The van der Waals surface area contributed by atoms with Gasteiger partial charge in [0.15, 0.2) is 0 Å². The standard InChI is InChI=1S/C13H17BrClNO2/c1-13(2,3)16(12(17)18)7-6-9-4-5-10(15)8-11(9)14/h4-5,8H,6-7H2,1-3H3,(H,17,18). The second kappa shape index (κ2) is 5.93. The molecule has 3 nitrogen and oxygen atoms in total. The van der Waals surface area contributed by atoms with E-state index in [-0.39, 0.29) is 0 Å². The van der Waals surface area contributed by atoms with Crippen molar-refractivity contribution in [2.75, 3.05) is 6.54 Å². The van der Waals surface area contributed by atoms with E-state index in [9.17, 15) is 9.90 Å². The minimum atomic E-state index is -0.896. The van der Waals surface area contributed by atoms with Gasteiger partial charge < -0.3 is 10.0 Å². The third-order valence-electron chi connectivity index (χ3n) is 2.66. The van der Waals surface area contributed by atoms with Crippen LogP contribution < -0.4 is 0 Å². The Balaban J connectivity index is 2.77. The molecule has 0 aromatic heterocycles. The first-order valence-electron chi connectivity index (χ1n) is 5.66. The quantitative estimate of drug-likeness (QED) is 0.888. The molecule has 0 atom stereocenters. The smallest absolute Gasteiger partial charge is 0.407 e. The van der Waals surface area contributed by atoms with Crippen LogP contribution in [0.5, 0.6) is 0 Å². The Hall–Kier alpha value is -0.740. The van der Waals surface area contributed by atoms with Crippen molar-refractivity contribution in [1.29, 1.82) is 0 Å². The predicted molar refractivity (Wildman–Crippen MR) is 77.3 cm³/mol. The van der Waals surface area contributed by atoms with Crippen molar-refractivity contribution in [2.24, 2.45) is 0 Å². The van der Waals surface area contributed by atoms with Gasteiger partial charge in [0.25, 0.3) is 0 Å². The normalized spacial score (nSPS) is 11.4. The van der Waals surface area contributed by atoms with Crippen LogP contribution in [0.1, 0.15) is 26.3 Å². The van der Waals surface area contributed by atoms with Gasteiger partial charge in [0.05, 0.1) is 0 Å². The topological polar surface area (TPSA) is 40.5 Å². The fraction of sp³-hybridized carbons (Fsp3) is 0.462. The van der Waals surface area contributed by atoms with Crippen LogP contribution in [0.4, 0.5) is 4.79 Å². The SMILES string of the molecule is CC(C)(C)N(CCc1ccc(Cl)cc1Br)C(=O)O. The number of carbonyl (C=O) groups is 1. The molecule has 1 rings (SSSR count). The molecule has 1 aromatic rings. The second-order valence-corrected chi connectivity index (χ2v) is 6.38. The first-order valence-corrected chi connectivity index (χ1v) is 6.83. The Morgan fingerprint density at radius 2 is 2.06 bits per heavy atom. The van der Waals surface area contributed by atoms with Crippen LogP contribution in [0.25, 0.3) is 0 Å². The highest BCUT2D eigenvalue weighted by Gasteiger charge is 2.25. The number of rotatable bonds is 3. The van der Waals surface area contributed by atoms with Gasteiger partial charge in [-0.05, 0) is 44.9 Å². The summed E-state index contributed by atoms with van der Waals surface area (Å²) in [6, 6.07) is 5.54. The molecular weight excluding hydrogens is 318 g/mol. The molecule has 0 aliphatic carbocycles. The summed E-state index contributed by atoms with van der Waals surface area (Å²) in [5, 5.41) is 9.86. The summed E-state index contributed by atoms with van der Waals surface area (Å²) in [4.78, 5) is 12.6. The summed E-state index contributed by atoms with van der Waals surface area (Å²) >= 11 is 9.30. The van der Waals surface area contributed by atoms with E-state index in [0.717, 1.165) is 10.0 Å². The minimum absolute atomic E-state index is 0.398. The molecule has 0 aliphatic rings. The Morgan fingerprint density at radius 3 is 2.50 bits per heavy atom. The molecular formula is C13H17BrClNO2. The van der Waals surface area contributed by atoms with Gasteiger partial charge in [-0.3, -0.25) is 0 Å². The number of halogens is 2. The molecule has 0 aliphatic heterocycles. The first-order chi connectivity index (χ1) is 8.21. The summed E-state index contributed by atoms with van der Waals surface area (Å²) in [6.07, 6.45) is -0.242. The molecule has 5 heteroatoms. The zero-order chi connectivity index (χ0) is 13.9. The van der Waals surface area contributed by atoms with Gasteiger partial charge in [-0.1, -0.05) is 33.6 Å². The lowest BCUT2D eigenvalue weighted by Crippen LogP contribution is -2.45. The lowest BCUT2D eigenvalue weighted by Gasteiger charge is -2.33. The van der Waals surface area contributed by atoms with Gasteiger partial charge in [-0.15, -0.1) is 0 Å². The second-order valence-electron chi connectivity index (χ2n) is 5.09. The molecule has 0 radical (unpaired) electrons. The molecule has 100 valence electrons. The average molecular weight is 335 g/mol. The molecule has 1 aromatic carbocycles. The van der Waals surface area contributed by atoms with Crippen molar-refractivity contribution < 1.29 is 9.90 Å². The van der Waals surface area contributed by atoms with Gasteiger partial charge in [0, 0.05) is 21.6 Å². The number of benzene rings is 1. The van der Waals surface area contributed by atoms with Crippen molar-refractivity contribution in [2.45, 2.75) is 32.7 Å². The molecule has 18 heavy (non-hydrogen) atoms. The van der Waals surface area contributed by atoms with E-state index >= 15 is 0 Å². The summed E-state index contributed by atoms with van der Waals surface area (Å²) < 4.78 is 0.911. The van der Waals surface area contributed by atoms with E-state index in [1.807, 2.05) is 39.0 Å². The third kappa shape index (κ3) is 4.18. The van der Waals surface area contributed by atoms with Gasteiger partial charge in [-0.25, -0.2) is 4.79 Å². The number of nitrogens with zero attached hydrogens (tertiary/aromatic N) is 1. The van der Waals surface area contributed by atoms with Crippen molar-refractivity contribution in [1.82, 2.24) is 4.90 Å². The Kier molecular flexibility index (Phi) is 5.05. The largest absolute Gasteiger partial charge is 0.465 e. The van der Waals surface area contributed by atoms with E-state index in [1.54, 1.807) is 0 Å².